The minimum atomic E-state index is -0.487. The molecular formula is C13H20N2O2S. The number of hydrogen-bond acceptors (Lipinski definition) is 5. The van der Waals surface area contributed by atoms with Crippen molar-refractivity contribution in [3.05, 3.63) is 21.9 Å². The van der Waals surface area contributed by atoms with Crippen molar-refractivity contribution in [2.24, 2.45) is 5.92 Å². The smallest absolute Gasteiger partial charge is 0.100 e. The van der Waals surface area contributed by atoms with E-state index in [4.69, 9.17) is 10.00 Å². The molecule has 1 unspecified atom stereocenters. The molecule has 0 bridgehead atoms. The maximum Gasteiger partial charge on any atom is 0.100 e. The van der Waals surface area contributed by atoms with Crippen LogP contribution in [-0.2, 0) is 11.3 Å². The van der Waals surface area contributed by atoms with Crippen molar-refractivity contribution in [2.45, 2.75) is 26.5 Å². The zero-order valence-electron chi connectivity index (χ0n) is 10.8. The lowest BCUT2D eigenvalue weighted by molar-refractivity contribution is 0.0261. The second-order valence-electron chi connectivity index (χ2n) is 4.63. The van der Waals surface area contributed by atoms with Gasteiger partial charge in [-0.3, -0.25) is 0 Å². The van der Waals surface area contributed by atoms with Crippen molar-refractivity contribution < 1.29 is 9.84 Å². The first-order valence-corrected chi connectivity index (χ1v) is 6.93. The van der Waals surface area contributed by atoms with Crippen molar-refractivity contribution in [2.75, 3.05) is 19.8 Å². The summed E-state index contributed by atoms with van der Waals surface area (Å²) in [6, 6.07) is 3.96. The number of rotatable bonds is 8. The van der Waals surface area contributed by atoms with Crippen LogP contribution >= 0.6 is 11.3 Å². The summed E-state index contributed by atoms with van der Waals surface area (Å²) in [6.45, 7) is 6.36. The number of nitriles is 1. The van der Waals surface area contributed by atoms with Crippen LogP contribution in [0, 0.1) is 17.2 Å². The second kappa shape index (κ2) is 8.22. The van der Waals surface area contributed by atoms with E-state index in [1.807, 2.05) is 11.4 Å². The summed E-state index contributed by atoms with van der Waals surface area (Å²) in [7, 11) is 0. The van der Waals surface area contributed by atoms with Crippen molar-refractivity contribution in [1.29, 1.82) is 5.26 Å². The SMILES string of the molecule is CC(C)COCC(O)CNCc1cc(C#N)cs1. The van der Waals surface area contributed by atoms with Crippen LogP contribution in [0.3, 0.4) is 0 Å². The molecule has 0 amide bonds. The zero-order valence-corrected chi connectivity index (χ0v) is 11.7. The molecule has 18 heavy (non-hydrogen) atoms. The fourth-order valence-corrected chi connectivity index (χ4v) is 2.17. The summed E-state index contributed by atoms with van der Waals surface area (Å²) in [5.41, 5.74) is 0.692. The number of aliphatic hydroxyl groups is 1. The molecule has 1 rings (SSSR count). The highest BCUT2D eigenvalue weighted by atomic mass is 32.1. The normalized spacial score (nSPS) is 12.6. The van der Waals surface area contributed by atoms with Gasteiger partial charge in [-0.25, -0.2) is 0 Å². The first-order valence-electron chi connectivity index (χ1n) is 6.06. The maximum atomic E-state index is 9.66. The molecule has 0 saturated heterocycles. The number of hydrogen-bond donors (Lipinski definition) is 2. The summed E-state index contributed by atoms with van der Waals surface area (Å²) >= 11 is 1.55. The molecule has 1 aromatic rings. The molecule has 0 radical (unpaired) electrons. The van der Waals surface area contributed by atoms with Crippen molar-refractivity contribution in [3.8, 4) is 6.07 Å². The molecule has 0 aliphatic carbocycles. The fraction of sp³-hybridized carbons (Fsp3) is 0.615. The lowest BCUT2D eigenvalue weighted by atomic mass is 10.2. The molecule has 0 spiro atoms. The monoisotopic (exact) mass is 268 g/mol. The van der Waals surface area contributed by atoms with E-state index >= 15 is 0 Å². The first-order chi connectivity index (χ1) is 8.61. The number of aliphatic hydroxyl groups excluding tert-OH is 1. The Kier molecular flexibility index (Phi) is 6.91. The Balaban J connectivity index is 2.11. The lowest BCUT2D eigenvalue weighted by Gasteiger charge is -2.13. The Morgan fingerprint density at radius 3 is 2.89 bits per heavy atom. The summed E-state index contributed by atoms with van der Waals surface area (Å²) in [6.07, 6.45) is -0.487. The minimum Gasteiger partial charge on any atom is -0.389 e. The number of nitrogens with one attached hydrogen (secondary N) is 1. The summed E-state index contributed by atoms with van der Waals surface area (Å²) < 4.78 is 5.35. The van der Waals surface area contributed by atoms with Gasteiger partial charge in [0.2, 0.25) is 0 Å². The third-order valence-corrected chi connectivity index (χ3v) is 3.16. The zero-order chi connectivity index (χ0) is 13.4. The van der Waals surface area contributed by atoms with Crippen LogP contribution in [0.4, 0.5) is 0 Å². The van der Waals surface area contributed by atoms with Gasteiger partial charge in [-0.15, -0.1) is 11.3 Å². The van der Waals surface area contributed by atoms with E-state index in [-0.39, 0.29) is 0 Å². The van der Waals surface area contributed by atoms with Gasteiger partial charge in [0.05, 0.1) is 18.3 Å². The summed E-state index contributed by atoms with van der Waals surface area (Å²) in [5.74, 6) is 0.487. The van der Waals surface area contributed by atoms with E-state index in [2.05, 4.69) is 25.2 Å². The van der Waals surface area contributed by atoms with Gasteiger partial charge in [-0.05, 0) is 12.0 Å². The van der Waals surface area contributed by atoms with Crippen molar-refractivity contribution in [1.82, 2.24) is 5.32 Å². The number of thiophene rings is 1. The molecule has 1 aromatic heterocycles. The Morgan fingerprint density at radius 1 is 1.50 bits per heavy atom. The minimum absolute atomic E-state index is 0.360. The van der Waals surface area contributed by atoms with Gasteiger partial charge in [-0.2, -0.15) is 5.26 Å². The van der Waals surface area contributed by atoms with Gasteiger partial charge in [0, 0.05) is 30.0 Å². The molecule has 1 heterocycles. The average molecular weight is 268 g/mol. The van der Waals surface area contributed by atoms with Gasteiger partial charge in [0.15, 0.2) is 0 Å². The maximum absolute atomic E-state index is 9.66. The Morgan fingerprint density at radius 2 is 2.28 bits per heavy atom. The summed E-state index contributed by atoms with van der Waals surface area (Å²) in [4.78, 5) is 1.10. The average Bonchev–Trinajstić information content (AvgIpc) is 2.76. The predicted octanol–water partition coefficient (Wildman–Crippen LogP) is 1.74. The first kappa shape index (κ1) is 15.1. The molecular weight excluding hydrogens is 248 g/mol. The molecule has 0 aromatic carbocycles. The number of ether oxygens (including phenoxy) is 1. The van der Waals surface area contributed by atoms with Crippen LogP contribution in [0.15, 0.2) is 11.4 Å². The molecule has 2 N–H and O–H groups in total. The quantitative estimate of drug-likeness (QED) is 0.754. The Labute approximate surface area is 112 Å². The molecule has 5 heteroatoms. The second-order valence-corrected chi connectivity index (χ2v) is 5.63. The van der Waals surface area contributed by atoms with Crippen LogP contribution in [-0.4, -0.2) is 31.0 Å². The van der Waals surface area contributed by atoms with Gasteiger partial charge >= 0.3 is 0 Å². The van der Waals surface area contributed by atoms with E-state index in [1.165, 1.54) is 0 Å². The van der Waals surface area contributed by atoms with Crippen molar-refractivity contribution in [3.63, 3.8) is 0 Å². The van der Waals surface area contributed by atoms with Crippen LogP contribution in [0.1, 0.15) is 24.3 Å². The van der Waals surface area contributed by atoms with Crippen LogP contribution in [0.2, 0.25) is 0 Å². The standard InChI is InChI=1S/C13H20N2O2S/c1-10(2)7-17-8-12(16)5-15-6-13-3-11(4-14)9-18-13/h3,9-10,12,15-16H,5-8H2,1-2H3. The predicted molar refractivity (Wildman–Crippen MR) is 72.4 cm³/mol. The van der Waals surface area contributed by atoms with Gasteiger partial charge in [0.1, 0.15) is 6.07 Å². The van der Waals surface area contributed by atoms with Crippen LogP contribution < -0.4 is 5.32 Å². The van der Waals surface area contributed by atoms with E-state index in [1.54, 1.807) is 11.3 Å². The topological polar surface area (TPSA) is 65.3 Å². The van der Waals surface area contributed by atoms with Gasteiger partial charge < -0.3 is 15.2 Å². The van der Waals surface area contributed by atoms with Gasteiger partial charge in [-0.1, -0.05) is 13.8 Å². The molecule has 4 nitrogen and oxygen atoms in total. The van der Waals surface area contributed by atoms with E-state index in [9.17, 15) is 5.11 Å². The Bertz CT molecular complexity index is 385. The van der Waals surface area contributed by atoms with E-state index < -0.39 is 6.10 Å². The van der Waals surface area contributed by atoms with Crippen molar-refractivity contribution >= 4 is 11.3 Å². The van der Waals surface area contributed by atoms with E-state index in [0.29, 0.717) is 37.8 Å². The molecule has 0 aliphatic rings. The highest BCUT2D eigenvalue weighted by Gasteiger charge is 2.05. The van der Waals surface area contributed by atoms with E-state index in [0.717, 1.165) is 4.88 Å². The third kappa shape index (κ3) is 6.12. The Hall–Kier alpha value is -0.930. The van der Waals surface area contributed by atoms with Gasteiger partial charge in [0.25, 0.3) is 0 Å². The number of nitrogens with zero attached hydrogens (tertiary/aromatic N) is 1. The third-order valence-electron chi connectivity index (χ3n) is 2.22. The molecule has 0 fully saturated rings. The van der Waals surface area contributed by atoms with Crippen LogP contribution in [0.5, 0.6) is 0 Å². The lowest BCUT2D eigenvalue weighted by Crippen LogP contribution is -2.30. The molecule has 0 saturated carbocycles. The highest BCUT2D eigenvalue weighted by molar-refractivity contribution is 7.10. The summed E-state index contributed by atoms with van der Waals surface area (Å²) in [5, 5.41) is 23.3. The molecule has 1 atom stereocenters. The van der Waals surface area contributed by atoms with Crippen LogP contribution in [0.25, 0.3) is 0 Å². The fourth-order valence-electron chi connectivity index (χ4n) is 1.39. The molecule has 100 valence electrons. The molecule has 0 aliphatic heterocycles. The largest absolute Gasteiger partial charge is 0.389 e. The highest BCUT2D eigenvalue weighted by Crippen LogP contribution is 2.13.